The first-order valence-electron chi connectivity index (χ1n) is 9.12. The van der Waals surface area contributed by atoms with E-state index in [0.29, 0.717) is 36.2 Å². The summed E-state index contributed by atoms with van der Waals surface area (Å²) in [5, 5.41) is 4.10. The van der Waals surface area contributed by atoms with Crippen LogP contribution in [0, 0.1) is 0 Å². The molecule has 150 valence electrons. The van der Waals surface area contributed by atoms with Crippen LogP contribution in [0.4, 0.5) is 5.69 Å². The van der Waals surface area contributed by atoms with Crippen LogP contribution >= 0.6 is 11.8 Å². The molecule has 1 unspecified atom stereocenters. The van der Waals surface area contributed by atoms with Gasteiger partial charge in [-0.1, -0.05) is 11.2 Å². The van der Waals surface area contributed by atoms with E-state index in [1.165, 1.54) is 0 Å². The van der Waals surface area contributed by atoms with Crippen LogP contribution in [-0.4, -0.2) is 43.1 Å². The van der Waals surface area contributed by atoms with Crippen molar-refractivity contribution in [3.8, 4) is 22.9 Å². The first-order chi connectivity index (χ1) is 14.1. The summed E-state index contributed by atoms with van der Waals surface area (Å²) in [7, 11) is 3.18. The average molecular weight is 411 g/mol. The number of carbonyl (C=O) groups is 1. The van der Waals surface area contributed by atoms with Crippen molar-refractivity contribution in [1.82, 2.24) is 10.1 Å². The first kappa shape index (κ1) is 19.3. The molecule has 2 heterocycles. The van der Waals surface area contributed by atoms with Crippen LogP contribution in [0.15, 0.2) is 51.9 Å². The summed E-state index contributed by atoms with van der Waals surface area (Å²) < 4.78 is 16.1. The number of hydrogen-bond donors (Lipinski definition) is 0. The molecule has 1 amide bonds. The lowest BCUT2D eigenvalue weighted by molar-refractivity contribution is -0.117. The van der Waals surface area contributed by atoms with Gasteiger partial charge in [0.05, 0.1) is 20.1 Å². The van der Waals surface area contributed by atoms with Gasteiger partial charge in [-0.05, 0) is 36.6 Å². The molecule has 0 radical (unpaired) electrons. The number of thioether (sulfide) groups is 1. The molecule has 1 aliphatic heterocycles. The van der Waals surface area contributed by atoms with Gasteiger partial charge in [-0.3, -0.25) is 4.79 Å². The molecule has 8 heteroatoms. The van der Waals surface area contributed by atoms with E-state index in [2.05, 4.69) is 10.1 Å². The zero-order valence-corrected chi connectivity index (χ0v) is 17.2. The van der Waals surface area contributed by atoms with E-state index < -0.39 is 0 Å². The minimum atomic E-state index is -0.144. The molecular formula is C21H21N3O4S. The molecular weight excluding hydrogens is 390 g/mol. The number of carbonyl (C=O) groups excluding carboxylic acids is 1. The molecule has 1 aliphatic rings. The van der Waals surface area contributed by atoms with Crippen LogP contribution in [0.5, 0.6) is 11.5 Å². The second-order valence-electron chi connectivity index (χ2n) is 6.66. The van der Waals surface area contributed by atoms with Gasteiger partial charge in [-0.2, -0.15) is 4.98 Å². The highest BCUT2D eigenvalue weighted by Gasteiger charge is 2.35. The van der Waals surface area contributed by atoms with E-state index in [-0.39, 0.29) is 11.8 Å². The Hall–Kier alpha value is -3.00. The number of aromatic nitrogens is 2. The van der Waals surface area contributed by atoms with E-state index in [0.717, 1.165) is 16.1 Å². The second kappa shape index (κ2) is 8.16. The van der Waals surface area contributed by atoms with Gasteiger partial charge in [0.1, 0.15) is 11.5 Å². The zero-order chi connectivity index (χ0) is 20.4. The molecule has 1 atom stereocenters. The van der Waals surface area contributed by atoms with Crippen LogP contribution in [-0.2, 0) is 4.79 Å². The van der Waals surface area contributed by atoms with Crippen LogP contribution in [0.3, 0.4) is 0 Å². The lowest BCUT2D eigenvalue weighted by Gasteiger charge is -2.16. The minimum absolute atomic E-state index is 0.0519. The predicted octanol–water partition coefficient (Wildman–Crippen LogP) is 4.00. The number of rotatable bonds is 6. The number of amides is 1. The van der Waals surface area contributed by atoms with E-state index in [9.17, 15) is 4.79 Å². The standard InChI is InChI=1S/C21H21N3O4S/c1-26-16-7-13(8-17(11-16)27-2)20-22-21(28-23-20)14-9-19(25)24(12-14)15-5-4-6-18(10-15)29-3/h4-8,10-11,14H,9,12H2,1-3H3. The molecule has 1 fully saturated rings. The largest absolute Gasteiger partial charge is 0.497 e. The van der Waals surface area contributed by atoms with Gasteiger partial charge in [0.2, 0.25) is 17.6 Å². The topological polar surface area (TPSA) is 77.7 Å². The summed E-state index contributed by atoms with van der Waals surface area (Å²) in [6.45, 7) is 0.514. The van der Waals surface area contributed by atoms with Gasteiger partial charge in [0.15, 0.2) is 0 Å². The first-order valence-corrected chi connectivity index (χ1v) is 10.3. The maximum atomic E-state index is 12.6. The third kappa shape index (κ3) is 3.93. The van der Waals surface area contributed by atoms with Crippen molar-refractivity contribution in [2.45, 2.75) is 17.2 Å². The number of anilines is 1. The highest BCUT2D eigenvalue weighted by molar-refractivity contribution is 7.98. The van der Waals surface area contributed by atoms with Crippen LogP contribution in [0.25, 0.3) is 11.4 Å². The highest BCUT2D eigenvalue weighted by Crippen LogP contribution is 2.34. The number of methoxy groups -OCH3 is 2. The zero-order valence-electron chi connectivity index (χ0n) is 16.4. The fourth-order valence-electron chi connectivity index (χ4n) is 3.36. The average Bonchev–Trinajstić information content (AvgIpc) is 3.40. The molecule has 7 nitrogen and oxygen atoms in total. The van der Waals surface area contributed by atoms with Gasteiger partial charge >= 0.3 is 0 Å². The monoisotopic (exact) mass is 411 g/mol. The lowest BCUT2D eigenvalue weighted by Crippen LogP contribution is -2.24. The molecule has 0 aliphatic carbocycles. The summed E-state index contributed by atoms with van der Waals surface area (Å²) >= 11 is 1.65. The summed E-state index contributed by atoms with van der Waals surface area (Å²) in [4.78, 5) is 20.0. The minimum Gasteiger partial charge on any atom is -0.497 e. The molecule has 0 N–H and O–H groups in total. The molecule has 2 aromatic carbocycles. The van der Waals surface area contributed by atoms with Gasteiger partial charge in [-0.15, -0.1) is 11.8 Å². The van der Waals surface area contributed by atoms with Crippen molar-refractivity contribution in [2.24, 2.45) is 0 Å². The predicted molar refractivity (Wildman–Crippen MR) is 111 cm³/mol. The van der Waals surface area contributed by atoms with Crippen molar-refractivity contribution in [1.29, 1.82) is 0 Å². The molecule has 1 saturated heterocycles. The fraction of sp³-hybridized carbons (Fsp3) is 0.286. The Morgan fingerprint density at radius 3 is 2.59 bits per heavy atom. The molecule has 1 aromatic heterocycles. The Morgan fingerprint density at radius 2 is 1.90 bits per heavy atom. The van der Waals surface area contributed by atoms with Crippen molar-refractivity contribution in [2.75, 3.05) is 31.9 Å². The van der Waals surface area contributed by atoms with Crippen LogP contribution in [0.1, 0.15) is 18.2 Å². The Kier molecular flexibility index (Phi) is 5.44. The summed E-state index contributed by atoms with van der Waals surface area (Å²) in [5.74, 6) is 2.08. The SMILES string of the molecule is COc1cc(OC)cc(-c2noc(C3CC(=O)N(c4cccc(SC)c4)C3)n2)c1. The van der Waals surface area contributed by atoms with Crippen LogP contribution < -0.4 is 14.4 Å². The number of benzene rings is 2. The molecule has 4 rings (SSSR count). The highest BCUT2D eigenvalue weighted by atomic mass is 32.2. The van der Waals surface area contributed by atoms with Gasteiger partial charge in [0, 0.05) is 35.2 Å². The maximum Gasteiger partial charge on any atom is 0.232 e. The van der Waals surface area contributed by atoms with Crippen molar-refractivity contribution < 1.29 is 18.8 Å². The molecule has 0 spiro atoms. The molecule has 0 saturated carbocycles. The Balaban J connectivity index is 1.57. The third-order valence-corrected chi connectivity index (χ3v) is 5.62. The normalized spacial score (nSPS) is 16.3. The van der Waals surface area contributed by atoms with Gasteiger partial charge < -0.3 is 18.9 Å². The van der Waals surface area contributed by atoms with E-state index in [1.54, 1.807) is 36.9 Å². The van der Waals surface area contributed by atoms with E-state index in [4.69, 9.17) is 14.0 Å². The molecule has 0 bridgehead atoms. The summed E-state index contributed by atoms with van der Waals surface area (Å²) in [5.41, 5.74) is 1.62. The number of nitrogens with zero attached hydrogens (tertiary/aromatic N) is 3. The van der Waals surface area contributed by atoms with Crippen molar-refractivity contribution >= 4 is 23.4 Å². The Morgan fingerprint density at radius 1 is 1.14 bits per heavy atom. The van der Waals surface area contributed by atoms with Gasteiger partial charge in [0.25, 0.3) is 0 Å². The number of hydrogen-bond acceptors (Lipinski definition) is 7. The van der Waals surface area contributed by atoms with E-state index >= 15 is 0 Å². The van der Waals surface area contributed by atoms with Gasteiger partial charge in [-0.25, -0.2) is 0 Å². The molecule has 29 heavy (non-hydrogen) atoms. The van der Waals surface area contributed by atoms with Crippen molar-refractivity contribution in [3.05, 3.63) is 48.4 Å². The summed E-state index contributed by atoms with van der Waals surface area (Å²) in [6, 6.07) is 13.4. The van der Waals surface area contributed by atoms with E-state index in [1.807, 2.05) is 42.7 Å². The smallest absolute Gasteiger partial charge is 0.232 e. The second-order valence-corrected chi connectivity index (χ2v) is 7.54. The molecule has 3 aromatic rings. The maximum absolute atomic E-state index is 12.6. The Labute approximate surface area is 173 Å². The number of ether oxygens (including phenoxy) is 2. The quantitative estimate of drug-likeness (QED) is 0.568. The Bertz CT molecular complexity index is 1010. The fourth-order valence-corrected chi connectivity index (χ4v) is 3.81. The van der Waals surface area contributed by atoms with Crippen LogP contribution in [0.2, 0.25) is 0 Å². The van der Waals surface area contributed by atoms with Crippen molar-refractivity contribution in [3.63, 3.8) is 0 Å². The summed E-state index contributed by atoms with van der Waals surface area (Å²) in [6.07, 6.45) is 2.35. The third-order valence-electron chi connectivity index (χ3n) is 4.89. The lowest BCUT2D eigenvalue weighted by atomic mass is 10.1.